The van der Waals surface area contributed by atoms with Crippen LogP contribution in [-0.2, 0) is 42.5 Å². The number of hydrogen-bond donors (Lipinski definition) is 1. The highest BCUT2D eigenvalue weighted by Crippen LogP contribution is 2.44. The van der Waals surface area contributed by atoms with Gasteiger partial charge in [-0.3, -0.25) is 4.79 Å². The van der Waals surface area contributed by atoms with Crippen LogP contribution in [0.3, 0.4) is 0 Å². The third-order valence-electron chi connectivity index (χ3n) is 8.36. The fraction of sp³-hybridized carbons (Fsp3) is 0.325. The van der Waals surface area contributed by atoms with Crippen molar-refractivity contribution in [3.8, 4) is 11.5 Å². The average molecular weight is 972 g/mol. The number of halogens is 6. The minimum Gasteiger partial charge on any atom is -0.496 e. The molecule has 0 heterocycles. The molecule has 4 aromatic rings. The number of rotatable bonds is 19. The standard InChI is InChI=1S/C40H41Br3F3N3O7/c1-49(2)18-11-19-54-36-31(42)22-28(23-32(36)43)35(56-38(51)39(53-4,40(44,45)46)29-14-9-6-10-15-29)24-47-37(50)33(48-55-25-26-12-7-5-8-13-26)21-27-16-17-34(52-3)30(41)20-27/h5-10,12-17,20,22-23,35H,11,18-19,21,24-25H2,1-4H3,(H,47,50)/b48-33+/t35-,39-/m1/s1. The first-order valence-electron chi connectivity index (χ1n) is 17.2. The van der Waals surface area contributed by atoms with Gasteiger partial charge in [-0.1, -0.05) is 71.9 Å². The summed E-state index contributed by atoms with van der Waals surface area (Å²) in [6, 6.07) is 24.0. The zero-order valence-corrected chi connectivity index (χ0v) is 35.8. The molecule has 0 aromatic heterocycles. The van der Waals surface area contributed by atoms with E-state index in [0.29, 0.717) is 37.1 Å². The van der Waals surface area contributed by atoms with Crippen molar-refractivity contribution in [3.63, 3.8) is 0 Å². The van der Waals surface area contributed by atoms with E-state index < -0.39 is 41.9 Å². The number of benzene rings is 4. The third-order valence-corrected chi connectivity index (χ3v) is 10.2. The Bertz CT molecular complexity index is 1930. The van der Waals surface area contributed by atoms with Gasteiger partial charge in [0.15, 0.2) is 0 Å². The Kier molecular flexibility index (Phi) is 16.8. The molecule has 0 saturated carbocycles. The molecule has 0 unspecified atom stereocenters. The number of ether oxygens (including phenoxy) is 4. The van der Waals surface area contributed by atoms with Crippen molar-refractivity contribution in [1.82, 2.24) is 10.2 Å². The molecule has 300 valence electrons. The van der Waals surface area contributed by atoms with Crippen molar-refractivity contribution in [2.24, 2.45) is 5.16 Å². The fourth-order valence-electron chi connectivity index (χ4n) is 5.50. The molecule has 16 heteroatoms. The van der Waals surface area contributed by atoms with E-state index in [1.54, 1.807) is 30.3 Å². The number of alkyl halides is 3. The number of amides is 1. The van der Waals surface area contributed by atoms with E-state index in [1.165, 1.54) is 25.3 Å². The van der Waals surface area contributed by atoms with Crippen molar-refractivity contribution < 1.29 is 46.5 Å². The summed E-state index contributed by atoms with van der Waals surface area (Å²) in [4.78, 5) is 35.4. The summed E-state index contributed by atoms with van der Waals surface area (Å²) in [5, 5.41) is 6.85. The van der Waals surface area contributed by atoms with E-state index >= 15 is 0 Å². The second-order valence-corrected chi connectivity index (χ2v) is 15.2. The molecule has 56 heavy (non-hydrogen) atoms. The predicted octanol–water partition coefficient (Wildman–Crippen LogP) is 8.93. The molecule has 0 fully saturated rings. The van der Waals surface area contributed by atoms with Crippen molar-refractivity contribution in [3.05, 3.63) is 127 Å². The number of nitrogens with zero attached hydrogens (tertiary/aromatic N) is 2. The zero-order chi connectivity index (χ0) is 40.9. The smallest absolute Gasteiger partial charge is 0.432 e. The lowest BCUT2D eigenvalue weighted by atomic mass is 9.92. The van der Waals surface area contributed by atoms with Gasteiger partial charge in [0, 0.05) is 25.6 Å². The molecule has 4 rings (SSSR count). The summed E-state index contributed by atoms with van der Waals surface area (Å²) in [6.07, 6.45) is -5.98. The highest BCUT2D eigenvalue weighted by atomic mass is 79.9. The van der Waals surface area contributed by atoms with E-state index in [-0.39, 0.29) is 24.3 Å². The molecule has 1 N–H and O–H groups in total. The minimum absolute atomic E-state index is 0.000503. The van der Waals surface area contributed by atoms with Gasteiger partial charge in [-0.05, 0) is 109 Å². The van der Waals surface area contributed by atoms with Crippen LogP contribution in [0.15, 0.2) is 110 Å². The maximum Gasteiger partial charge on any atom is 0.432 e. The number of esters is 1. The third kappa shape index (κ3) is 11.8. The number of methoxy groups -OCH3 is 2. The van der Waals surface area contributed by atoms with Crippen LogP contribution in [0.2, 0.25) is 0 Å². The maximum absolute atomic E-state index is 14.9. The lowest BCUT2D eigenvalue weighted by molar-refractivity contribution is -0.278. The average Bonchev–Trinajstić information content (AvgIpc) is 3.16. The number of hydrogen-bond acceptors (Lipinski definition) is 9. The SMILES string of the molecule is COc1ccc(C/C(=N\OCc2ccccc2)C(=O)NC[C@@H](OC(=O)[C@](OC)(c2ccccc2)C(F)(F)F)c2cc(Br)c(OCCCN(C)C)c(Br)c2)cc1Br. The molecule has 0 aliphatic carbocycles. The first-order chi connectivity index (χ1) is 26.7. The van der Waals surface area contributed by atoms with Crippen LogP contribution < -0.4 is 14.8 Å². The van der Waals surface area contributed by atoms with Gasteiger partial charge in [-0.2, -0.15) is 13.2 Å². The zero-order valence-electron chi connectivity index (χ0n) is 31.0. The van der Waals surface area contributed by atoms with E-state index in [0.717, 1.165) is 37.8 Å². The van der Waals surface area contributed by atoms with Crippen LogP contribution in [0.5, 0.6) is 11.5 Å². The molecule has 2 atom stereocenters. The van der Waals surface area contributed by atoms with Crippen LogP contribution in [0.1, 0.15) is 34.8 Å². The van der Waals surface area contributed by atoms with E-state index in [1.807, 2.05) is 49.3 Å². The van der Waals surface area contributed by atoms with Gasteiger partial charge in [0.1, 0.15) is 29.9 Å². The van der Waals surface area contributed by atoms with Crippen LogP contribution >= 0.6 is 47.8 Å². The van der Waals surface area contributed by atoms with Crippen LogP contribution in [0, 0.1) is 0 Å². The highest BCUT2D eigenvalue weighted by Gasteiger charge is 2.64. The van der Waals surface area contributed by atoms with Gasteiger partial charge >= 0.3 is 12.1 Å². The summed E-state index contributed by atoms with van der Waals surface area (Å²) in [6.45, 7) is 0.751. The highest BCUT2D eigenvalue weighted by molar-refractivity contribution is 9.11. The van der Waals surface area contributed by atoms with Gasteiger partial charge in [0.25, 0.3) is 11.5 Å². The summed E-state index contributed by atoms with van der Waals surface area (Å²) in [5.74, 6) is -1.45. The molecule has 0 spiro atoms. The van der Waals surface area contributed by atoms with E-state index in [2.05, 4.69) is 58.3 Å². The quantitative estimate of drug-likeness (QED) is 0.0430. The van der Waals surface area contributed by atoms with Crippen molar-refractivity contribution in [2.45, 2.75) is 37.3 Å². The molecule has 0 radical (unpaired) electrons. The van der Waals surface area contributed by atoms with Gasteiger partial charge < -0.3 is 34.0 Å². The number of nitrogens with one attached hydrogen (secondary N) is 1. The largest absolute Gasteiger partial charge is 0.496 e. The van der Waals surface area contributed by atoms with Crippen molar-refractivity contribution >= 4 is 65.4 Å². The Balaban J connectivity index is 1.69. The number of carbonyl (C=O) groups excluding carboxylic acids is 2. The summed E-state index contributed by atoms with van der Waals surface area (Å²) >= 11 is 10.4. The molecule has 0 saturated heterocycles. The summed E-state index contributed by atoms with van der Waals surface area (Å²) in [7, 11) is 6.20. The lowest BCUT2D eigenvalue weighted by Crippen LogP contribution is -2.52. The second-order valence-electron chi connectivity index (χ2n) is 12.6. The van der Waals surface area contributed by atoms with Crippen LogP contribution in [0.25, 0.3) is 0 Å². The summed E-state index contributed by atoms with van der Waals surface area (Å²) in [5.41, 5.74) is -2.32. The van der Waals surface area contributed by atoms with E-state index in [4.69, 9.17) is 23.8 Å². The normalized spacial score (nSPS) is 13.4. The molecule has 10 nitrogen and oxygen atoms in total. The van der Waals surface area contributed by atoms with Crippen molar-refractivity contribution in [2.75, 3.05) is 48.0 Å². The fourth-order valence-corrected chi connectivity index (χ4v) is 7.54. The van der Waals surface area contributed by atoms with Crippen LogP contribution in [0.4, 0.5) is 13.2 Å². The lowest BCUT2D eigenvalue weighted by Gasteiger charge is -2.34. The molecule has 0 bridgehead atoms. The molecule has 1 amide bonds. The van der Waals surface area contributed by atoms with Gasteiger partial charge in [-0.25, -0.2) is 4.79 Å². The Morgan fingerprint density at radius 1 is 0.857 bits per heavy atom. The first-order valence-corrected chi connectivity index (χ1v) is 19.6. The van der Waals surface area contributed by atoms with Gasteiger partial charge in [0.05, 0.1) is 33.7 Å². The topological polar surface area (TPSA) is 108 Å². The Labute approximate surface area is 349 Å². The van der Waals surface area contributed by atoms with E-state index in [9.17, 15) is 22.8 Å². The minimum atomic E-state index is -5.23. The molecule has 4 aromatic carbocycles. The molecular formula is C40H41Br3F3N3O7. The summed E-state index contributed by atoms with van der Waals surface area (Å²) < 4.78 is 68.2. The Morgan fingerprint density at radius 2 is 1.50 bits per heavy atom. The van der Waals surface area contributed by atoms with Crippen molar-refractivity contribution in [1.29, 1.82) is 0 Å². The maximum atomic E-state index is 14.9. The van der Waals surface area contributed by atoms with Gasteiger partial charge in [-0.15, -0.1) is 0 Å². The monoisotopic (exact) mass is 969 g/mol. The van der Waals surface area contributed by atoms with Gasteiger partial charge in [0.2, 0.25) is 0 Å². The first kappa shape index (κ1) is 44.8. The molecule has 0 aliphatic rings. The Morgan fingerprint density at radius 3 is 2.07 bits per heavy atom. The predicted molar refractivity (Wildman–Crippen MR) is 217 cm³/mol. The second kappa shape index (κ2) is 21.0. The number of carbonyl (C=O) groups is 2. The Hall–Kier alpha value is -3.96. The van der Waals surface area contributed by atoms with Crippen LogP contribution in [-0.4, -0.2) is 76.7 Å². The number of oxime groups is 1. The molecule has 0 aliphatic heterocycles. The molecular weight excluding hydrogens is 931 g/mol.